The molecule has 24 heavy (non-hydrogen) atoms. The van der Waals surface area contributed by atoms with Crippen molar-refractivity contribution >= 4 is 5.96 Å². The van der Waals surface area contributed by atoms with Crippen molar-refractivity contribution in [2.45, 2.75) is 26.3 Å². The topological polar surface area (TPSA) is 76.8 Å². The Morgan fingerprint density at radius 2 is 2.17 bits per heavy atom. The highest BCUT2D eigenvalue weighted by Crippen LogP contribution is 2.28. The van der Waals surface area contributed by atoms with Crippen LogP contribution in [0.1, 0.15) is 24.5 Å². The summed E-state index contributed by atoms with van der Waals surface area (Å²) in [6.07, 6.45) is 2.64. The number of hydrogen-bond donors (Lipinski definition) is 1. The summed E-state index contributed by atoms with van der Waals surface area (Å²) >= 11 is 0. The number of aryl methyl sites for hydroxylation is 1. The van der Waals surface area contributed by atoms with Crippen molar-refractivity contribution in [2.75, 3.05) is 47.1 Å². The molecule has 1 aliphatic rings. The van der Waals surface area contributed by atoms with Crippen LogP contribution in [0.15, 0.2) is 4.99 Å². The van der Waals surface area contributed by atoms with Gasteiger partial charge in [-0.15, -0.1) is 10.2 Å². The van der Waals surface area contributed by atoms with Gasteiger partial charge in [0, 0.05) is 40.9 Å². The predicted octanol–water partition coefficient (Wildman–Crippen LogP) is 0.574. The smallest absolute Gasteiger partial charge is 0.194 e. The van der Waals surface area contributed by atoms with Crippen LogP contribution in [0.25, 0.3) is 0 Å². The molecule has 0 spiro atoms. The summed E-state index contributed by atoms with van der Waals surface area (Å²) in [5, 5.41) is 11.5. The van der Waals surface area contributed by atoms with Crippen molar-refractivity contribution in [1.29, 1.82) is 0 Å². The number of methoxy groups -OCH3 is 1. The molecule has 8 heteroatoms. The van der Waals surface area contributed by atoms with Gasteiger partial charge in [-0.1, -0.05) is 0 Å². The van der Waals surface area contributed by atoms with E-state index in [0.29, 0.717) is 26.3 Å². The fourth-order valence-electron chi connectivity index (χ4n) is 2.15. The molecular formula is C16H30N6O2. The fraction of sp³-hybridized carbons (Fsp3) is 0.812. The third kappa shape index (κ3) is 6.09. The maximum absolute atomic E-state index is 5.71. The molecular weight excluding hydrogens is 308 g/mol. The maximum atomic E-state index is 5.71. The minimum Gasteiger partial charge on any atom is -0.383 e. The predicted molar refractivity (Wildman–Crippen MR) is 92.9 cm³/mol. The standard InChI is InChI=1S/C16H30N6O2/c1-13-19-20-15(22(13)3)11-18-16(17-7-9-23-4)21(2)8-10-24-12-14-5-6-14/h14H,5-12H2,1-4H3,(H,17,18). The molecule has 0 saturated heterocycles. The van der Waals surface area contributed by atoms with Gasteiger partial charge in [-0.05, 0) is 25.7 Å². The Hall–Kier alpha value is -1.67. The van der Waals surface area contributed by atoms with Gasteiger partial charge in [0.15, 0.2) is 11.8 Å². The van der Waals surface area contributed by atoms with E-state index in [1.54, 1.807) is 7.11 Å². The van der Waals surface area contributed by atoms with Gasteiger partial charge in [-0.3, -0.25) is 0 Å². The van der Waals surface area contributed by atoms with Crippen molar-refractivity contribution in [3.8, 4) is 0 Å². The van der Waals surface area contributed by atoms with E-state index in [4.69, 9.17) is 9.47 Å². The quantitative estimate of drug-likeness (QED) is 0.382. The Labute approximate surface area is 144 Å². The van der Waals surface area contributed by atoms with Gasteiger partial charge in [0.25, 0.3) is 0 Å². The molecule has 0 unspecified atom stereocenters. The van der Waals surface area contributed by atoms with E-state index in [1.807, 2.05) is 25.6 Å². The molecule has 0 aromatic carbocycles. The van der Waals surface area contributed by atoms with Crippen LogP contribution in [-0.2, 0) is 23.1 Å². The lowest BCUT2D eigenvalue weighted by molar-refractivity contribution is 0.115. The van der Waals surface area contributed by atoms with Crippen molar-refractivity contribution < 1.29 is 9.47 Å². The maximum Gasteiger partial charge on any atom is 0.194 e. The largest absolute Gasteiger partial charge is 0.383 e. The first kappa shape index (κ1) is 18.7. The molecule has 1 fully saturated rings. The normalized spacial score (nSPS) is 14.9. The first-order valence-corrected chi connectivity index (χ1v) is 8.52. The fourth-order valence-corrected chi connectivity index (χ4v) is 2.15. The van der Waals surface area contributed by atoms with E-state index in [0.717, 1.165) is 36.7 Å². The Balaban J connectivity index is 1.85. The molecule has 1 aromatic heterocycles. The van der Waals surface area contributed by atoms with Crippen molar-refractivity contribution in [2.24, 2.45) is 18.0 Å². The number of hydrogen-bond acceptors (Lipinski definition) is 5. The Morgan fingerprint density at radius 3 is 2.79 bits per heavy atom. The number of rotatable bonds is 10. The molecule has 1 aliphatic carbocycles. The molecule has 2 rings (SSSR count). The summed E-state index contributed by atoms with van der Waals surface area (Å²) in [5.41, 5.74) is 0. The van der Waals surface area contributed by atoms with Crippen LogP contribution in [0.4, 0.5) is 0 Å². The van der Waals surface area contributed by atoms with E-state index < -0.39 is 0 Å². The zero-order chi connectivity index (χ0) is 17.4. The summed E-state index contributed by atoms with van der Waals surface area (Å²) in [6, 6.07) is 0. The number of guanidine groups is 1. The molecule has 1 heterocycles. The van der Waals surface area contributed by atoms with Gasteiger partial charge in [0.1, 0.15) is 12.4 Å². The molecule has 0 amide bonds. The molecule has 0 bridgehead atoms. The Kier molecular flexibility index (Phi) is 7.45. The van der Waals surface area contributed by atoms with Crippen molar-refractivity contribution in [3.05, 3.63) is 11.6 Å². The molecule has 0 aliphatic heterocycles. The SMILES string of the molecule is COCCNC(=NCc1nnc(C)n1C)N(C)CCOCC1CC1. The molecule has 136 valence electrons. The average molecular weight is 338 g/mol. The number of nitrogens with zero attached hydrogens (tertiary/aromatic N) is 5. The molecule has 1 aromatic rings. The second-order valence-corrected chi connectivity index (χ2v) is 6.22. The second kappa shape index (κ2) is 9.58. The average Bonchev–Trinajstić information content (AvgIpc) is 3.35. The summed E-state index contributed by atoms with van der Waals surface area (Å²) in [4.78, 5) is 6.74. The lowest BCUT2D eigenvalue weighted by Crippen LogP contribution is -2.42. The van der Waals surface area contributed by atoms with Crippen molar-refractivity contribution in [3.63, 3.8) is 0 Å². The lowest BCUT2D eigenvalue weighted by Gasteiger charge is -2.22. The van der Waals surface area contributed by atoms with Crippen LogP contribution in [-0.4, -0.2) is 72.7 Å². The number of nitrogens with one attached hydrogen (secondary N) is 1. The first-order valence-electron chi connectivity index (χ1n) is 8.52. The summed E-state index contributed by atoms with van der Waals surface area (Å²) in [5.74, 6) is 3.35. The van der Waals surface area contributed by atoms with Gasteiger partial charge >= 0.3 is 0 Å². The molecule has 1 N–H and O–H groups in total. The number of likely N-dealkylation sites (N-methyl/N-ethyl adjacent to an activating group) is 1. The summed E-state index contributed by atoms with van der Waals surface area (Å²) in [7, 11) is 5.66. The summed E-state index contributed by atoms with van der Waals surface area (Å²) < 4.78 is 12.8. The van der Waals surface area contributed by atoms with Crippen LogP contribution in [0, 0.1) is 12.8 Å². The van der Waals surface area contributed by atoms with Gasteiger partial charge in [-0.2, -0.15) is 0 Å². The van der Waals surface area contributed by atoms with Gasteiger partial charge < -0.3 is 24.3 Å². The van der Waals surface area contributed by atoms with Crippen LogP contribution in [0.3, 0.4) is 0 Å². The van der Waals surface area contributed by atoms with Gasteiger partial charge in [0.05, 0.1) is 13.2 Å². The molecule has 0 radical (unpaired) electrons. The number of aliphatic imine (C=N–C) groups is 1. The van der Waals surface area contributed by atoms with E-state index in [9.17, 15) is 0 Å². The third-order valence-electron chi connectivity index (χ3n) is 4.13. The number of aromatic nitrogens is 3. The van der Waals surface area contributed by atoms with Gasteiger partial charge in [0.2, 0.25) is 0 Å². The monoisotopic (exact) mass is 338 g/mol. The Morgan fingerprint density at radius 1 is 1.38 bits per heavy atom. The summed E-state index contributed by atoms with van der Waals surface area (Å²) in [6.45, 7) is 6.15. The van der Waals surface area contributed by atoms with E-state index in [-0.39, 0.29) is 0 Å². The van der Waals surface area contributed by atoms with Crippen LogP contribution in [0.2, 0.25) is 0 Å². The highest BCUT2D eigenvalue weighted by atomic mass is 16.5. The van der Waals surface area contributed by atoms with Crippen LogP contribution >= 0.6 is 0 Å². The van der Waals surface area contributed by atoms with Crippen molar-refractivity contribution in [1.82, 2.24) is 25.0 Å². The molecule has 0 atom stereocenters. The zero-order valence-corrected chi connectivity index (χ0v) is 15.3. The number of ether oxygens (including phenoxy) is 2. The minimum atomic E-state index is 0.486. The molecule has 8 nitrogen and oxygen atoms in total. The van der Waals surface area contributed by atoms with Crippen LogP contribution in [0.5, 0.6) is 0 Å². The highest BCUT2D eigenvalue weighted by molar-refractivity contribution is 5.79. The van der Waals surface area contributed by atoms with E-state index in [2.05, 4.69) is 25.4 Å². The lowest BCUT2D eigenvalue weighted by atomic mass is 10.5. The molecule has 1 saturated carbocycles. The first-order chi connectivity index (χ1) is 11.6. The highest BCUT2D eigenvalue weighted by Gasteiger charge is 2.21. The van der Waals surface area contributed by atoms with Gasteiger partial charge in [-0.25, -0.2) is 4.99 Å². The minimum absolute atomic E-state index is 0.486. The second-order valence-electron chi connectivity index (χ2n) is 6.22. The van der Waals surface area contributed by atoms with E-state index >= 15 is 0 Å². The zero-order valence-electron chi connectivity index (χ0n) is 15.3. The van der Waals surface area contributed by atoms with E-state index in [1.165, 1.54) is 12.8 Å². The Bertz CT molecular complexity index is 527. The third-order valence-corrected chi connectivity index (χ3v) is 4.13. The van der Waals surface area contributed by atoms with Crippen LogP contribution < -0.4 is 5.32 Å².